The zero-order valence-corrected chi connectivity index (χ0v) is 19.4. The van der Waals surface area contributed by atoms with E-state index in [1.807, 2.05) is 6.92 Å². The van der Waals surface area contributed by atoms with Crippen LogP contribution in [0.1, 0.15) is 72.6 Å². The monoisotopic (exact) mass is 448 g/mol. The summed E-state index contributed by atoms with van der Waals surface area (Å²) >= 11 is 0. The molecule has 2 N–H and O–H groups in total. The van der Waals surface area contributed by atoms with E-state index in [1.54, 1.807) is 0 Å². The highest BCUT2D eigenvalue weighted by Gasteiger charge is 2.64. The van der Waals surface area contributed by atoms with Gasteiger partial charge in [0.2, 0.25) is 0 Å². The van der Waals surface area contributed by atoms with Crippen molar-refractivity contribution < 1.29 is 38.4 Å². The van der Waals surface area contributed by atoms with Gasteiger partial charge in [-0.05, 0) is 43.9 Å². The molecule has 0 spiro atoms. The minimum absolute atomic E-state index is 0.00261. The van der Waals surface area contributed by atoms with Gasteiger partial charge in [-0.15, -0.1) is 0 Å². The molecule has 3 fully saturated rings. The number of ether oxygens (including phenoxy) is 3. The molecule has 182 valence electrons. The molecule has 31 heavy (non-hydrogen) atoms. The predicted molar refractivity (Wildman–Crippen MR) is 115 cm³/mol. The highest BCUT2D eigenvalue weighted by molar-refractivity contribution is 5.60. The number of carboxylic acid groups (broad SMARTS) is 1. The van der Waals surface area contributed by atoms with E-state index in [0.717, 1.165) is 25.7 Å². The van der Waals surface area contributed by atoms with E-state index < -0.39 is 18.4 Å². The summed E-state index contributed by atoms with van der Waals surface area (Å²) in [5.74, 6) is 0.0993. The number of hydrogen-bond acceptors (Lipinski definition) is 6. The van der Waals surface area contributed by atoms with Crippen molar-refractivity contribution >= 4 is 12.6 Å². The summed E-state index contributed by atoms with van der Waals surface area (Å²) in [7, 11) is 0. The van der Waals surface area contributed by atoms with Crippen molar-refractivity contribution in [2.75, 3.05) is 13.2 Å². The Morgan fingerprint density at radius 3 is 2.45 bits per heavy atom. The van der Waals surface area contributed by atoms with Crippen LogP contribution in [0.2, 0.25) is 0 Å². The molecule has 8 heteroatoms. The van der Waals surface area contributed by atoms with Crippen LogP contribution in [0.25, 0.3) is 0 Å². The van der Waals surface area contributed by atoms with Crippen LogP contribution in [-0.2, 0) is 19.0 Å². The number of alkyl halides is 1. The van der Waals surface area contributed by atoms with E-state index >= 15 is 0 Å². The number of carbonyl (C=O) groups is 2. The third-order valence-electron chi connectivity index (χ3n) is 6.01. The van der Waals surface area contributed by atoms with Gasteiger partial charge in [-0.1, -0.05) is 40.5 Å². The smallest absolute Gasteiger partial charge is 0.483 e. The zero-order chi connectivity index (χ0) is 23.4. The van der Waals surface area contributed by atoms with Crippen molar-refractivity contribution in [3.05, 3.63) is 0 Å². The topological polar surface area (TPSA) is 102 Å². The molecule has 0 aromatic heterocycles. The summed E-state index contributed by atoms with van der Waals surface area (Å²) in [4.78, 5) is 20.2. The van der Waals surface area contributed by atoms with Gasteiger partial charge >= 0.3 is 6.16 Å². The lowest BCUT2D eigenvalue weighted by molar-refractivity contribution is -0.122. The lowest BCUT2D eigenvalue weighted by Gasteiger charge is -2.28. The van der Waals surface area contributed by atoms with E-state index in [2.05, 4.69) is 20.8 Å². The normalized spacial score (nSPS) is 34.1. The maximum atomic E-state index is 13.8. The second kappa shape index (κ2) is 14.6. The Morgan fingerprint density at radius 1 is 1.23 bits per heavy atom. The average molecular weight is 449 g/mol. The van der Waals surface area contributed by atoms with Crippen molar-refractivity contribution in [2.45, 2.75) is 97.1 Å². The second-order valence-corrected chi connectivity index (χ2v) is 8.86. The van der Waals surface area contributed by atoms with Crippen LogP contribution < -0.4 is 0 Å². The average Bonchev–Trinajstić information content (AvgIpc) is 3.16. The summed E-state index contributed by atoms with van der Waals surface area (Å²) in [6.07, 6.45) is 4.01. The number of hydrogen-bond donors (Lipinski definition) is 2. The van der Waals surface area contributed by atoms with E-state index in [0.29, 0.717) is 18.9 Å². The fraction of sp³-hybridized carbons (Fsp3) is 0.913. The van der Waals surface area contributed by atoms with E-state index in [9.17, 15) is 14.3 Å². The van der Waals surface area contributed by atoms with Gasteiger partial charge in [0, 0.05) is 18.4 Å². The number of fused-ring (bicyclic) bond motifs is 1. The van der Waals surface area contributed by atoms with Crippen molar-refractivity contribution in [1.29, 1.82) is 0 Å². The zero-order valence-electron chi connectivity index (χ0n) is 19.4. The fourth-order valence-electron chi connectivity index (χ4n) is 4.69. The third kappa shape index (κ3) is 8.93. The van der Waals surface area contributed by atoms with Gasteiger partial charge in [-0.3, -0.25) is 4.79 Å². The Bertz CT molecular complexity index is 518. The Morgan fingerprint density at radius 2 is 1.87 bits per heavy atom. The lowest BCUT2D eigenvalue weighted by Crippen LogP contribution is -2.37. The van der Waals surface area contributed by atoms with E-state index in [-0.39, 0.29) is 43.0 Å². The fourth-order valence-corrected chi connectivity index (χ4v) is 4.69. The standard InChI is InChI=1S/C19H31FO5.C3H8.CH2O2/c1-3-7-23-15-9-13-16(18(13)20)17(15)14(21)10-24-19(22)25-12-6-4-5-11(2)8-12;1-3-2;2-1-3/h11-18,21H,3-10H2,1-2H3;3H2,1-2H3;1H,(H,2,3)/t11?,12?,13-,14?,15-,16?,17?,18?;;/m1../s1. The summed E-state index contributed by atoms with van der Waals surface area (Å²) < 4.78 is 30.0. The third-order valence-corrected chi connectivity index (χ3v) is 6.01. The van der Waals surface area contributed by atoms with Crippen LogP contribution in [0.3, 0.4) is 0 Å². The molecular weight excluding hydrogens is 407 g/mol. The minimum Gasteiger partial charge on any atom is -0.483 e. The molecule has 3 rings (SSSR count). The molecule has 0 heterocycles. The summed E-state index contributed by atoms with van der Waals surface area (Å²) in [5.41, 5.74) is 0. The molecule has 3 saturated carbocycles. The van der Waals surface area contributed by atoms with Gasteiger partial charge in [0.25, 0.3) is 6.47 Å². The molecule has 6 unspecified atom stereocenters. The summed E-state index contributed by atoms with van der Waals surface area (Å²) in [6.45, 7) is 8.62. The largest absolute Gasteiger partial charge is 0.508 e. The number of halogens is 1. The summed E-state index contributed by atoms with van der Waals surface area (Å²) in [5, 5.41) is 17.3. The molecule has 0 aromatic carbocycles. The van der Waals surface area contributed by atoms with Gasteiger partial charge in [-0.2, -0.15) is 0 Å². The van der Waals surface area contributed by atoms with Crippen LogP contribution in [-0.4, -0.2) is 60.5 Å². The highest BCUT2D eigenvalue weighted by atomic mass is 19.1. The van der Waals surface area contributed by atoms with Gasteiger partial charge < -0.3 is 24.4 Å². The van der Waals surface area contributed by atoms with Gasteiger partial charge in [0.1, 0.15) is 18.9 Å². The highest BCUT2D eigenvalue weighted by Crippen LogP contribution is 2.59. The van der Waals surface area contributed by atoms with Crippen LogP contribution in [0.4, 0.5) is 9.18 Å². The molecule has 3 aliphatic rings. The van der Waals surface area contributed by atoms with Crippen molar-refractivity contribution in [3.8, 4) is 0 Å². The molecule has 7 nitrogen and oxygen atoms in total. The van der Waals surface area contributed by atoms with Gasteiger partial charge in [0.05, 0.1) is 12.2 Å². The molecular formula is C23H41FO7. The Kier molecular flexibility index (Phi) is 13.0. The molecule has 8 atom stereocenters. The Hall–Kier alpha value is -1.41. The van der Waals surface area contributed by atoms with Gasteiger partial charge in [-0.25, -0.2) is 9.18 Å². The van der Waals surface area contributed by atoms with E-state index in [4.69, 9.17) is 24.1 Å². The quantitative estimate of drug-likeness (QED) is 0.433. The molecule has 0 radical (unpaired) electrons. The number of aliphatic hydroxyl groups excluding tert-OH is 1. The van der Waals surface area contributed by atoms with Crippen molar-refractivity contribution in [1.82, 2.24) is 0 Å². The van der Waals surface area contributed by atoms with Crippen molar-refractivity contribution in [3.63, 3.8) is 0 Å². The lowest BCUT2D eigenvalue weighted by atomic mass is 9.89. The Balaban J connectivity index is 0.000000720. The molecule has 0 bridgehead atoms. The summed E-state index contributed by atoms with van der Waals surface area (Å²) in [6, 6.07) is 0. The molecule has 3 aliphatic carbocycles. The maximum Gasteiger partial charge on any atom is 0.508 e. The molecule has 0 aromatic rings. The second-order valence-electron chi connectivity index (χ2n) is 8.86. The van der Waals surface area contributed by atoms with Crippen LogP contribution in [0, 0.1) is 23.7 Å². The Labute approximate surface area is 185 Å². The molecule has 0 aliphatic heterocycles. The molecule has 0 amide bonds. The van der Waals surface area contributed by atoms with Gasteiger partial charge in [0.15, 0.2) is 0 Å². The van der Waals surface area contributed by atoms with E-state index in [1.165, 1.54) is 12.8 Å². The van der Waals surface area contributed by atoms with Crippen LogP contribution >= 0.6 is 0 Å². The SMILES string of the molecule is CCC.CCCO[C@@H]1C[C@H]2C(F)C2C1C(O)COC(=O)OC1CCCC(C)C1.O=CO. The number of aliphatic hydroxyl groups is 1. The first-order valence-corrected chi connectivity index (χ1v) is 11.7. The van der Waals surface area contributed by atoms with Crippen LogP contribution in [0.15, 0.2) is 0 Å². The number of carbonyl (C=O) groups excluding carboxylic acids is 1. The molecule has 0 saturated heterocycles. The number of rotatable bonds is 7. The first-order chi connectivity index (χ1) is 14.8. The predicted octanol–water partition coefficient (Wildman–Crippen LogP) is 4.60. The maximum absolute atomic E-state index is 13.8. The van der Waals surface area contributed by atoms with Crippen LogP contribution in [0.5, 0.6) is 0 Å². The first-order valence-electron chi connectivity index (χ1n) is 11.7. The first kappa shape index (κ1) is 27.6. The van der Waals surface area contributed by atoms with Crippen molar-refractivity contribution in [2.24, 2.45) is 23.7 Å². The minimum atomic E-state index is -0.907.